The van der Waals surface area contributed by atoms with Crippen LogP contribution in [0.1, 0.15) is 5.56 Å². The second-order valence-electron chi connectivity index (χ2n) is 4.35. The highest BCUT2D eigenvalue weighted by Crippen LogP contribution is 2.32. The van der Waals surface area contributed by atoms with E-state index in [1.807, 2.05) is 0 Å². The summed E-state index contributed by atoms with van der Waals surface area (Å²) in [5, 5.41) is 13.7. The third-order valence-electron chi connectivity index (χ3n) is 2.79. The van der Waals surface area contributed by atoms with Crippen molar-refractivity contribution >= 4 is 54.8 Å². The Labute approximate surface area is 155 Å². The van der Waals surface area contributed by atoms with Gasteiger partial charge in [-0.25, -0.2) is 4.83 Å². The van der Waals surface area contributed by atoms with Gasteiger partial charge in [0.1, 0.15) is 0 Å². The highest BCUT2D eigenvalue weighted by atomic mass is 127. The van der Waals surface area contributed by atoms with E-state index in [0.29, 0.717) is 10.0 Å². The van der Waals surface area contributed by atoms with E-state index in [-0.39, 0.29) is 16.4 Å². The maximum Gasteiger partial charge on any atom is 0.276 e. The summed E-state index contributed by atoms with van der Waals surface area (Å²) in [5.41, 5.74) is 0.307. The molecule has 2 N–H and O–H groups in total. The number of aromatic hydroxyl groups is 1. The fourth-order valence-electron chi connectivity index (χ4n) is 1.68. The molecule has 0 bridgehead atoms. The molecule has 0 radical (unpaired) electrons. The lowest BCUT2D eigenvalue weighted by atomic mass is 10.2. The number of methoxy groups -OCH3 is 1. The molecular formula is C14H12BrIN2O4S. The number of phenols is 1. The SMILES string of the molecule is COc1cc(Br)cc(/C=N\NS(=O)(=O)c2ccc(I)cc2)c1O. The van der Waals surface area contributed by atoms with Crippen molar-refractivity contribution in [2.24, 2.45) is 5.10 Å². The van der Waals surface area contributed by atoms with Crippen LogP contribution in [0, 0.1) is 3.57 Å². The van der Waals surface area contributed by atoms with Crippen LogP contribution >= 0.6 is 38.5 Å². The van der Waals surface area contributed by atoms with Gasteiger partial charge in [-0.15, -0.1) is 0 Å². The van der Waals surface area contributed by atoms with Gasteiger partial charge in [-0.3, -0.25) is 0 Å². The normalized spacial score (nSPS) is 11.6. The Morgan fingerprint density at radius 2 is 1.96 bits per heavy atom. The molecule has 0 saturated heterocycles. The van der Waals surface area contributed by atoms with E-state index in [9.17, 15) is 13.5 Å². The van der Waals surface area contributed by atoms with Crippen LogP contribution in [0.25, 0.3) is 0 Å². The quantitative estimate of drug-likeness (QED) is 0.367. The van der Waals surface area contributed by atoms with Gasteiger partial charge >= 0.3 is 0 Å². The Morgan fingerprint density at radius 1 is 1.30 bits per heavy atom. The number of phenolic OH excluding ortho intramolecular Hbond substituents is 1. The van der Waals surface area contributed by atoms with Gasteiger partial charge in [-0.1, -0.05) is 15.9 Å². The van der Waals surface area contributed by atoms with E-state index in [1.165, 1.54) is 25.5 Å². The Hall–Kier alpha value is -1.33. The number of benzene rings is 2. The second kappa shape index (κ2) is 7.49. The molecule has 0 aliphatic carbocycles. The van der Waals surface area contributed by atoms with Gasteiger partial charge in [0.25, 0.3) is 10.0 Å². The van der Waals surface area contributed by atoms with Crippen molar-refractivity contribution in [3.63, 3.8) is 0 Å². The summed E-state index contributed by atoms with van der Waals surface area (Å²) < 4.78 is 30.8. The molecule has 0 spiro atoms. The molecule has 0 saturated carbocycles. The van der Waals surface area contributed by atoms with Crippen molar-refractivity contribution in [1.29, 1.82) is 0 Å². The molecule has 2 aromatic rings. The molecule has 9 heteroatoms. The Morgan fingerprint density at radius 3 is 2.57 bits per heavy atom. The zero-order chi connectivity index (χ0) is 17.0. The van der Waals surface area contributed by atoms with E-state index in [2.05, 4.69) is 48.5 Å². The van der Waals surface area contributed by atoms with Gasteiger partial charge in [0.05, 0.1) is 18.2 Å². The van der Waals surface area contributed by atoms with E-state index in [0.717, 1.165) is 3.57 Å². The molecule has 2 rings (SSSR count). The predicted octanol–water partition coefficient (Wildman–Crippen LogP) is 3.08. The summed E-state index contributed by atoms with van der Waals surface area (Å²) in [5.74, 6) is 0.120. The Bertz CT molecular complexity index is 839. The zero-order valence-electron chi connectivity index (χ0n) is 11.8. The van der Waals surface area contributed by atoms with E-state index < -0.39 is 10.0 Å². The number of nitrogens with zero attached hydrogens (tertiary/aromatic N) is 1. The van der Waals surface area contributed by atoms with Crippen LogP contribution in [0.3, 0.4) is 0 Å². The third kappa shape index (κ3) is 4.58. The standard InChI is InChI=1S/C14H12BrIN2O4S/c1-22-13-7-10(15)6-9(14(13)19)8-17-18-23(20,21)12-4-2-11(16)3-5-12/h2-8,18-19H,1H3/b17-8-. The third-order valence-corrected chi connectivity index (χ3v) is 5.21. The Kier molecular flexibility index (Phi) is 5.87. The van der Waals surface area contributed by atoms with Crippen LogP contribution in [-0.2, 0) is 10.0 Å². The molecule has 0 aliphatic heterocycles. The summed E-state index contributed by atoms with van der Waals surface area (Å²) in [7, 11) is -2.34. The summed E-state index contributed by atoms with van der Waals surface area (Å²) in [6.45, 7) is 0. The van der Waals surface area contributed by atoms with Crippen LogP contribution in [-0.4, -0.2) is 26.8 Å². The molecule has 0 aliphatic rings. The smallest absolute Gasteiger partial charge is 0.276 e. The van der Waals surface area contributed by atoms with Crippen LogP contribution in [0.2, 0.25) is 0 Å². The maximum atomic E-state index is 12.1. The first-order valence-electron chi connectivity index (χ1n) is 6.20. The van der Waals surface area contributed by atoms with E-state index >= 15 is 0 Å². The first-order chi connectivity index (χ1) is 10.8. The molecule has 0 amide bonds. The largest absolute Gasteiger partial charge is 0.504 e. The van der Waals surface area contributed by atoms with Crippen molar-refractivity contribution < 1.29 is 18.3 Å². The fourth-order valence-corrected chi connectivity index (χ4v) is 3.29. The molecule has 0 unspecified atom stereocenters. The second-order valence-corrected chi connectivity index (χ2v) is 8.17. The molecule has 0 aromatic heterocycles. The average Bonchev–Trinajstić information content (AvgIpc) is 2.50. The van der Waals surface area contributed by atoms with Crippen LogP contribution in [0.4, 0.5) is 0 Å². The molecule has 23 heavy (non-hydrogen) atoms. The van der Waals surface area contributed by atoms with Gasteiger partial charge in [0.2, 0.25) is 0 Å². The first-order valence-corrected chi connectivity index (χ1v) is 9.56. The van der Waals surface area contributed by atoms with Gasteiger partial charge in [-0.05, 0) is 59.0 Å². The highest BCUT2D eigenvalue weighted by Gasteiger charge is 2.13. The lowest BCUT2D eigenvalue weighted by Gasteiger charge is -2.07. The van der Waals surface area contributed by atoms with Gasteiger partial charge < -0.3 is 9.84 Å². The lowest BCUT2D eigenvalue weighted by molar-refractivity contribution is 0.373. The van der Waals surface area contributed by atoms with Gasteiger partial charge in [0, 0.05) is 13.6 Å². The number of rotatable bonds is 5. The fraction of sp³-hybridized carbons (Fsp3) is 0.0714. The predicted molar refractivity (Wildman–Crippen MR) is 99.4 cm³/mol. The monoisotopic (exact) mass is 510 g/mol. The highest BCUT2D eigenvalue weighted by molar-refractivity contribution is 14.1. The van der Waals surface area contributed by atoms with Crippen molar-refractivity contribution in [2.45, 2.75) is 4.90 Å². The van der Waals surface area contributed by atoms with Crippen LogP contribution < -0.4 is 9.57 Å². The zero-order valence-corrected chi connectivity index (χ0v) is 16.4. The number of halogens is 2. The summed E-state index contributed by atoms with van der Waals surface area (Å²) in [6.07, 6.45) is 1.20. The van der Waals surface area contributed by atoms with Crippen molar-refractivity contribution in [3.8, 4) is 11.5 Å². The van der Waals surface area contributed by atoms with E-state index in [1.54, 1.807) is 24.3 Å². The van der Waals surface area contributed by atoms with Crippen molar-refractivity contribution in [1.82, 2.24) is 4.83 Å². The molecule has 0 fully saturated rings. The average molecular weight is 511 g/mol. The Balaban J connectivity index is 2.22. The van der Waals surface area contributed by atoms with E-state index in [4.69, 9.17) is 4.74 Å². The van der Waals surface area contributed by atoms with Crippen LogP contribution in [0.5, 0.6) is 11.5 Å². The van der Waals surface area contributed by atoms with Gasteiger partial charge in [-0.2, -0.15) is 13.5 Å². The minimum atomic E-state index is -3.76. The summed E-state index contributed by atoms with van der Waals surface area (Å²) in [4.78, 5) is 2.20. The number of hydrazone groups is 1. The maximum absolute atomic E-state index is 12.1. The first kappa shape index (κ1) is 18.0. The molecule has 0 atom stereocenters. The lowest BCUT2D eigenvalue weighted by Crippen LogP contribution is -2.18. The van der Waals surface area contributed by atoms with Crippen molar-refractivity contribution in [3.05, 3.63) is 50.0 Å². The van der Waals surface area contributed by atoms with Crippen molar-refractivity contribution in [2.75, 3.05) is 7.11 Å². The number of ether oxygens (including phenoxy) is 1. The summed E-state index contributed by atoms with van der Waals surface area (Å²) in [6, 6.07) is 9.51. The van der Waals surface area contributed by atoms with Crippen LogP contribution in [0.15, 0.2) is 50.9 Å². The minimum absolute atomic E-state index is 0.103. The molecule has 6 nitrogen and oxygen atoms in total. The molecule has 122 valence electrons. The molecular weight excluding hydrogens is 499 g/mol. The topological polar surface area (TPSA) is 88.0 Å². The number of hydrogen-bond donors (Lipinski definition) is 2. The summed E-state index contributed by atoms with van der Waals surface area (Å²) >= 11 is 5.36. The number of sulfonamides is 1. The molecule has 0 heterocycles. The minimum Gasteiger partial charge on any atom is -0.504 e. The number of hydrogen-bond acceptors (Lipinski definition) is 5. The van der Waals surface area contributed by atoms with Gasteiger partial charge in [0.15, 0.2) is 11.5 Å². The molecule has 2 aromatic carbocycles. The number of nitrogens with one attached hydrogen (secondary N) is 1.